The van der Waals surface area contributed by atoms with Crippen LogP contribution in [-0.2, 0) is 11.3 Å². The van der Waals surface area contributed by atoms with E-state index >= 15 is 0 Å². The molecule has 0 aliphatic heterocycles. The van der Waals surface area contributed by atoms with Gasteiger partial charge in [-0.05, 0) is 24.6 Å². The Kier molecular flexibility index (Phi) is 4.29. The highest BCUT2D eigenvalue weighted by Gasteiger charge is 2.13. The molecule has 0 saturated carbocycles. The molecule has 0 aliphatic rings. The molecule has 0 atom stereocenters. The highest BCUT2D eigenvalue weighted by molar-refractivity contribution is 6.32. The maximum absolute atomic E-state index is 11.5. The van der Waals surface area contributed by atoms with Crippen LogP contribution < -0.4 is 5.73 Å². The van der Waals surface area contributed by atoms with Crippen molar-refractivity contribution in [3.8, 4) is 6.07 Å². The number of rotatable bonds is 3. The van der Waals surface area contributed by atoms with Gasteiger partial charge >= 0.3 is 5.97 Å². The van der Waals surface area contributed by atoms with Gasteiger partial charge < -0.3 is 10.5 Å². The number of hydrogen-bond acceptors (Lipinski definition) is 4. The average Bonchev–Trinajstić information content (AvgIpc) is 2.28. The number of nitrogens with zero attached hydrogens (tertiary/aromatic N) is 1. The molecule has 0 heterocycles. The molecule has 0 radical (unpaired) electrons. The van der Waals surface area contributed by atoms with E-state index in [2.05, 4.69) is 0 Å². The van der Waals surface area contributed by atoms with E-state index in [0.717, 1.165) is 0 Å². The van der Waals surface area contributed by atoms with E-state index in [1.54, 1.807) is 6.92 Å². The Hall–Kier alpha value is -1.57. The Morgan fingerprint density at radius 2 is 2.31 bits per heavy atom. The molecule has 1 aromatic carbocycles. The summed E-state index contributed by atoms with van der Waals surface area (Å²) in [6.45, 7) is 2.15. The molecule has 0 fully saturated rings. The lowest BCUT2D eigenvalue weighted by molar-refractivity contribution is 0.0526. The number of carbonyl (C=O) groups is 1. The van der Waals surface area contributed by atoms with Crippen molar-refractivity contribution >= 4 is 17.6 Å². The molecule has 1 aromatic rings. The van der Waals surface area contributed by atoms with Crippen molar-refractivity contribution in [2.24, 2.45) is 5.73 Å². The quantitative estimate of drug-likeness (QED) is 0.816. The first kappa shape index (κ1) is 12.5. The van der Waals surface area contributed by atoms with Crippen molar-refractivity contribution in [3.05, 3.63) is 33.8 Å². The van der Waals surface area contributed by atoms with E-state index in [-0.39, 0.29) is 18.2 Å². The molecule has 84 valence electrons. The van der Waals surface area contributed by atoms with E-state index in [1.807, 2.05) is 6.07 Å². The number of nitriles is 1. The maximum atomic E-state index is 11.5. The highest BCUT2D eigenvalue weighted by atomic mass is 35.5. The number of esters is 1. The molecule has 0 aliphatic carbocycles. The summed E-state index contributed by atoms with van der Waals surface area (Å²) in [5.41, 5.74) is 6.63. The Labute approximate surface area is 98.6 Å². The van der Waals surface area contributed by atoms with E-state index < -0.39 is 5.97 Å². The summed E-state index contributed by atoms with van der Waals surface area (Å²) in [7, 11) is 0. The summed E-state index contributed by atoms with van der Waals surface area (Å²) in [5.74, 6) is -0.469. The van der Waals surface area contributed by atoms with Gasteiger partial charge in [-0.1, -0.05) is 11.6 Å². The predicted molar refractivity (Wildman–Crippen MR) is 60.0 cm³/mol. The third-order valence-corrected chi connectivity index (χ3v) is 2.31. The van der Waals surface area contributed by atoms with Gasteiger partial charge in [0.05, 0.1) is 22.8 Å². The number of hydrogen-bond donors (Lipinski definition) is 1. The molecule has 1 rings (SSSR count). The summed E-state index contributed by atoms with van der Waals surface area (Å²) in [6.07, 6.45) is 0. The van der Waals surface area contributed by atoms with Crippen molar-refractivity contribution in [1.82, 2.24) is 0 Å². The molecule has 0 bridgehead atoms. The number of benzene rings is 1. The van der Waals surface area contributed by atoms with Gasteiger partial charge in [0.1, 0.15) is 6.07 Å². The third-order valence-electron chi connectivity index (χ3n) is 2.01. The molecule has 0 spiro atoms. The van der Waals surface area contributed by atoms with E-state index in [0.29, 0.717) is 16.7 Å². The lowest BCUT2D eigenvalue weighted by Gasteiger charge is -2.07. The molecule has 0 amide bonds. The second kappa shape index (κ2) is 5.50. The average molecular weight is 239 g/mol. The lowest BCUT2D eigenvalue weighted by atomic mass is 10.0. The first-order valence-corrected chi connectivity index (χ1v) is 5.11. The van der Waals surface area contributed by atoms with Gasteiger partial charge in [-0.15, -0.1) is 0 Å². The van der Waals surface area contributed by atoms with Crippen LogP contribution in [-0.4, -0.2) is 12.6 Å². The molecular formula is C11H11ClN2O2. The van der Waals surface area contributed by atoms with E-state index in [9.17, 15) is 4.79 Å². The standard InChI is InChI=1S/C11H11ClN2O2/c1-2-16-11(15)7-3-8(5-13)9(6-14)10(12)4-7/h3-4H,2,5,13H2,1H3. The first-order chi connectivity index (χ1) is 7.63. The number of halogens is 1. The number of nitrogens with two attached hydrogens (primary N) is 1. The highest BCUT2D eigenvalue weighted by Crippen LogP contribution is 2.22. The molecule has 2 N–H and O–H groups in total. The smallest absolute Gasteiger partial charge is 0.338 e. The van der Waals surface area contributed by atoms with Crippen LogP contribution in [0.2, 0.25) is 5.02 Å². The monoisotopic (exact) mass is 238 g/mol. The van der Waals surface area contributed by atoms with Gasteiger partial charge in [0, 0.05) is 6.54 Å². The second-order valence-electron chi connectivity index (χ2n) is 3.03. The summed E-state index contributed by atoms with van der Waals surface area (Å²) >= 11 is 5.87. The van der Waals surface area contributed by atoms with Crippen LogP contribution in [0.1, 0.15) is 28.4 Å². The third kappa shape index (κ3) is 2.51. The van der Waals surface area contributed by atoms with Crippen LogP contribution in [0, 0.1) is 11.3 Å². The van der Waals surface area contributed by atoms with E-state index in [1.165, 1.54) is 12.1 Å². The number of ether oxygens (including phenoxy) is 1. The Bertz CT molecular complexity index is 452. The summed E-state index contributed by atoms with van der Waals surface area (Å²) in [4.78, 5) is 11.5. The fourth-order valence-electron chi connectivity index (χ4n) is 1.28. The molecular weight excluding hydrogens is 228 g/mol. The summed E-state index contributed by atoms with van der Waals surface area (Å²) in [5, 5.41) is 9.07. The molecule has 0 saturated heterocycles. The SMILES string of the molecule is CCOC(=O)c1cc(Cl)c(C#N)c(CN)c1. The zero-order valence-electron chi connectivity index (χ0n) is 8.79. The Balaban J connectivity index is 3.21. The van der Waals surface area contributed by atoms with Crippen LogP contribution in [0.25, 0.3) is 0 Å². The largest absolute Gasteiger partial charge is 0.462 e. The van der Waals surface area contributed by atoms with Crippen molar-refractivity contribution in [2.75, 3.05) is 6.61 Å². The molecule has 16 heavy (non-hydrogen) atoms. The van der Waals surface area contributed by atoms with Crippen LogP contribution in [0.3, 0.4) is 0 Å². The fraction of sp³-hybridized carbons (Fsp3) is 0.273. The van der Waals surface area contributed by atoms with Crippen LogP contribution in [0.5, 0.6) is 0 Å². The van der Waals surface area contributed by atoms with Crippen molar-refractivity contribution < 1.29 is 9.53 Å². The zero-order chi connectivity index (χ0) is 12.1. The lowest BCUT2D eigenvalue weighted by Crippen LogP contribution is -2.08. The van der Waals surface area contributed by atoms with Gasteiger partial charge in [-0.25, -0.2) is 4.79 Å². The van der Waals surface area contributed by atoms with Crippen LogP contribution in [0.4, 0.5) is 0 Å². The topological polar surface area (TPSA) is 76.1 Å². The minimum absolute atomic E-state index is 0.149. The van der Waals surface area contributed by atoms with Crippen molar-refractivity contribution in [2.45, 2.75) is 13.5 Å². The van der Waals surface area contributed by atoms with Crippen molar-refractivity contribution in [3.63, 3.8) is 0 Å². The minimum atomic E-state index is -0.469. The molecule has 0 unspecified atom stereocenters. The minimum Gasteiger partial charge on any atom is -0.462 e. The maximum Gasteiger partial charge on any atom is 0.338 e. The fourth-order valence-corrected chi connectivity index (χ4v) is 1.56. The van der Waals surface area contributed by atoms with Crippen LogP contribution in [0.15, 0.2) is 12.1 Å². The van der Waals surface area contributed by atoms with Gasteiger partial charge in [0.25, 0.3) is 0 Å². The van der Waals surface area contributed by atoms with Crippen molar-refractivity contribution in [1.29, 1.82) is 5.26 Å². The normalized spacial score (nSPS) is 9.62. The Morgan fingerprint density at radius 1 is 1.62 bits per heavy atom. The summed E-state index contributed by atoms with van der Waals surface area (Å²) in [6, 6.07) is 4.89. The molecule has 0 aromatic heterocycles. The van der Waals surface area contributed by atoms with Gasteiger partial charge in [-0.2, -0.15) is 5.26 Å². The first-order valence-electron chi connectivity index (χ1n) is 4.73. The Morgan fingerprint density at radius 3 is 2.81 bits per heavy atom. The summed E-state index contributed by atoms with van der Waals surface area (Å²) < 4.78 is 4.83. The zero-order valence-corrected chi connectivity index (χ0v) is 9.54. The second-order valence-corrected chi connectivity index (χ2v) is 3.44. The van der Waals surface area contributed by atoms with Gasteiger partial charge in [0.2, 0.25) is 0 Å². The number of carbonyl (C=O) groups excluding carboxylic acids is 1. The van der Waals surface area contributed by atoms with Gasteiger partial charge in [-0.3, -0.25) is 0 Å². The van der Waals surface area contributed by atoms with E-state index in [4.69, 9.17) is 27.3 Å². The van der Waals surface area contributed by atoms with Crippen LogP contribution >= 0.6 is 11.6 Å². The molecule has 5 heteroatoms. The van der Waals surface area contributed by atoms with Gasteiger partial charge in [0.15, 0.2) is 0 Å². The molecule has 4 nitrogen and oxygen atoms in total. The predicted octanol–water partition coefficient (Wildman–Crippen LogP) is 1.85.